The van der Waals surface area contributed by atoms with Crippen LogP contribution in [0.25, 0.3) is 50.5 Å². The molecule has 3 N–H and O–H groups in total. The fourth-order valence-corrected chi connectivity index (χ4v) is 8.53. The maximum Gasteiger partial charge on any atom is 0.315 e. The van der Waals surface area contributed by atoms with E-state index in [1.54, 1.807) is 18.2 Å². The molecular formula is C48H48N9O6+. The number of benzene rings is 4. The van der Waals surface area contributed by atoms with Gasteiger partial charge in [-0.05, 0) is 105 Å². The Labute approximate surface area is 364 Å². The number of aromatic nitrogens is 4. The van der Waals surface area contributed by atoms with E-state index in [0.29, 0.717) is 64.3 Å². The normalized spacial score (nSPS) is 17.1. The summed E-state index contributed by atoms with van der Waals surface area (Å²) in [4.78, 5) is 28.8. The van der Waals surface area contributed by atoms with Crippen molar-refractivity contribution >= 4 is 5.91 Å². The summed E-state index contributed by atoms with van der Waals surface area (Å²) in [5.74, 6) is 2.67. The third-order valence-corrected chi connectivity index (χ3v) is 11.6. The first-order valence-corrected chi connectivity index (χ1v) is 21.5. The molecule has 4 aromatic carbocycles. The van der Waals surface area contributed by atoms with Crippen molar-refractivity contribution in [3.05, 3.63) is 111 Å². The average molecular weight is 847 g/mol. The smallest absolute Gasteiger partial charge is 0.315 e. The van der Waals surface area contributed by atoms with Crippen molar-refractivity contribution in [3.8, 4) is 69.3 Å². The SMILES string of the molecule is CC(C)Oc1ccc(-c2nc(-c3cccc4c3CCC4NCC(=O)N3CCNCC3)no2)cc1C#[N+]CC(C)Oc1ccc(-c2nc(-c3cccc4c3CCC4O)no2)cc1C#N. The summed E-state index contributed by atoms with van der Waals surface area (Å²) in [6.07, 6.45) is 2.12. The van der Waals surface area contributed by atoms with Crippen molar-refractivity contribution < 1.29 is 28.4 Å². The Kier molecular flexibility index (Phi) is 12.0. The standard InChI is InChI=1S/C48H48N9O6/c1-28(2)60-43-17-11-31(48-53-45(55-63-48)38-8-4-6-36-34(38)12-14-40(36)52-27-44(59)57-20-18-50-19-21-57)23-33(43)26-51-25-29(3)61-42-16-10-30(22-32(42)24-49)47-54-46(56-62-47)39-9-5-7-37-35(39)13-15-41(37)58/h4-11,16-17,22-23,28-29,40-41,50,52,58H,12-15,18-21,25,27H2,1-3H3/q+1. The highest BCUT2D eigenvalue weighted by Crippen LogP contribution is 2.39. The van der Waals surface area contributed by atoms with Gasteiger partial charge in [-0.25, -0.2) is 0 Å². The first kappa shape index (κ1) is 41.4. The van der Waals surface area contributed by atoms with Gasteiger partial charge < -0.3 is 39.2 Å². The van der Waals surface area contributed by atoms with Crippen LogP contribution in [0.3, 0.4) is 0 Å². The van der Waals surface area contributed by atoms with Gasteiger partial charge in [-0.2, -0.15) is 15.2 Å². The van der Waals surface area contributed by atoms with Crippen LogP contribution in [0.2, 0.25) is 0 Å². The topological polar surface area (TPSA) is 189 Å². The molecule has 0 radical (unpaired) electrons. The zero-order valence-electron chi connectivity index (χ0n) is 35.4. The molecule has 63 heavy (non-hydrogen) atoms. The number of nitriles is 1. The van der Waals surface area contributed by atoms with Crippen molar-refractivity contribution in [1.82, 2.24) is 35.8 Å². The molecule has 3 aliphatic rings. The Hall–Kier alpha value is -6.91. The number of nitrogens with zero attached hydrogens (tertiary/aromatic N) is 7. The molecule has 0 saturated carbocycles. The fraction of sp³-hybridized carbons (Fsp3) is 0.354. The number of aliphatic hydroxyl groups is 1. The van der Waals surface area contributed by atoms with Crippen molar-refractivity contribution in [2.24, 2.45) is 0 Å². The summed E-state index contributed by atoms with van der Waals surface area (Å²) in [6, 6.07) is 28.0. The summed E-state index contributed by atoms with van der Waals surface area (Å²) in [6.45, 7) is 9.44. The molecule has 3 heterocycles. The van der Waals surface area contributed by atoms with Gasteiger partial charge in [-0.1, -0.05) is 51.6 Å². The minimum absolute atomic E-state index is 0.0710. The Balaban J connectivity index is 0.870. The predicted octanol–water partition coefficient (Wildman–Crippen LogP) is 6.92. The monoisotopic (exact) mass is 846 g/mol. The van der Waals surface area contributed by atoms with Crippen LogP contribution < -0.4 is 20.1 Å². The van der Waals surface area contributed by atoms with E-state index in [1.807, 2.05) is 74.2 Å². The summed E-state index contributed by atoms with van der Waals surface area (Å²) in [5.41, 5.74) is 8.15. The molecule has 2 aromatic heterocycles. The highest BCUT2D eigenvalue weighted by Gasteiger charge is 2.29. The Bertz CT molecular complexity index is 2760. The van der Waals surface area contributed by atoms with Crippen molar-refractivity contribution in [2.75, 3.05) is 39.3 Å². The lowest BCUT2D eigenvalue weighted by atomic mass is 10.0. The molecule has 320 valence electrons. The number of amides is 1. The maximum absolute atomic E-state index is 12.8. The maximum atomic E-state index is 12.8. The van der Waals surface area contributed by atoms with Gasteiger partial charge in [0.15, 0.2) is 6.10 Å². The van der Waals surface area contributed by atoms with E-state index in [-0.39, 0.29) is 30.5 Å². The van der Waals surface area contributed by atoms with E-state index in [0.717, 1.165) is 78.8 Å². The number of rotatable bonds is 12. The van der Waals surface area contributed by atoms with Crippen LogP contribution in [0.1, 0.15) is 79.1 Å². The van der Waals surface area contributed by atoms with Crippen LogP contribution in [0.15, 0.2) is 81.8 Å². The van der Waals surface area contributed by atoms with Crippen LogP contribution in [-0.4, -0.2) is 87.7 Å². The molecule has 9 rings (SSSR count). The lowest BCUT2D eigenvalue weighted by molar-refractivity contribution is -0.130. The van der Waals surface area contributed by atoms with E-state index in [2.05, 4.69) is 49.0 Å². The van der Waals surface area contributed by atoms with Gasteiger partial charge in [0.25, 0.3) is 18.3 Å². The molecule has 1 fully saturated rings. The Morgan fingerprint density at radius 2 is 1.49 bits per heavy atom. The highest BCUT2D eigenvalue weighted by atomic mass is 16.5. The van der Waals surface area contributed by atoms with Crippen LogP contribution in [-0.2, 0) is 17.6 Å². The molecule has 6 aromatic rings. The molecule has 1 amide bonds. The van der Waals surface area contributed by atoms with Gasteiger partial charge in [-0.3, -0.25) is 4.79 Å². The minimum Gasteiger partial charge on any atom is -0.489 e. The Morgan fingerprint density at radius 1 is 0.873 bits per heavy atom. The summed E-state index contributed by atoms with van der Waals surface area (Å²) >= 11 is 0. The zero-order chi connectivity index (χ0) is 43.5. The molecule has 3 unspecified atom stereocenters. The number of carbonyl (C=O) groups is 1. The van der Waals surface area contributed by atoms with Gasteiger partial charge in [0.2, 0.25) is 17.6 Å². The number of fused-ring (bicyclic) bond motifs is 2. The predicted molar refractivity (Wildman–Crippen MR) is 234 cm³/mol. The highest BCUT2D eigenvalue weighted by molar-refractivity contribution is 5.78. The summed E-state index contributed by atoms with van der Waals surface area (Å²) in [7, 11) is 0. The summed E-state index contributed by atoms with van der Waals surface area (Å²) < 4.78 is 23.7. The second kappa shape index (κ2) is 18.2. The van der Waals surface area contributed by atoms with Crippen LogP contribution in [0.4, 0.5) is 0 Å². The lowest BCUT2D eigenvalue weighted by Gasteiger charge is -2.28. The second-order valence-electron chi connectivity index (χ2n) is 16.3. The van der Waals surface area contributed by atoms with Crippen LogP contribution in [0, 0.1) is 17.4 Å². The molecule has 2 aliphatic carbocycles. The second-order valence-corrected chi connectivity index (χ2v) is 16.3. The molecule has 0 bridgehead atoms. The van der Waals surface area contributed by atoms with Crippen LogP contribution in [0.5, 0.6) is 11.5 Å². The van der Waals surface area contributed by atoms with Gasteiger partial charge in [0.05, 0.1) is 24.3 Å². The quantitative estimate of drug-likeness (QED) is 0.115. The number of aliphatic hydroxyl groups excluding tert-OH is 1. The number of piperazine rings is 1. The molecular weight excluding hydrogens is 799 g/mol. The third-order valence-electron chi connectivity index (χ3n) is 11.6. The van der Waals surface area contributed by atoms with Crippen molar-refractivity contribution in [2.45, 2.75) is 70.8 Å². The van der Waals surface area contributed by atoms with E-state index >= 15 is 0 Å². The van der Waals surface area contributed by atoms with E-state index in [1.165, 1.54) is 0 Å². The number of ether oxygens (including phenoxy) is 2. The van der Waals surface area contributed by atoms with E-state index in [9.17, 15) is 15.2 Å². The van der Waals surface area contributed by atoms with Gasteiger partial charge in [0, 0.05) is 54.5 Å². The van der Waals surface area contributed by atoms with Crippen molar-refractivity contribution in [3.63, 3.8) is 0 Å². The first-order chi connectivity index (χ1) is 30.7. The minimum atomic E-state index is -0.490. The van der Waals surface area contributed by atoms with Crippen molar-refractivity contribution in [1.29, 1.82) is 5.26 Å². The number of hydrogen-bond acceptors (Lipinski definition) is 13. The van der Waals surface area contributed by atoms with Gasteiger partial charge >= 0.3 is 6.07 Å². The first-order valence-electron chi connectivity index (χ1n) is 21.5. The molecule has 0 spiro atoms. The van der Waals surface area contributed by atoms with Gasteiger partial charge in [-0.15, -0.1) is 0 Å². The lowest BCUT2D eigenvalue weighted by Crippen LogP contribution is -2.49. The fourth-order valence-electron chi connectivity index (χ4n) is 8.53. The van der Waals surface area contributed by atoms with Gasteiger partial charge in [0.1, 0.15) is 23.1 Å². The molecule has 15 nitrogen and oxygen atoms in total. The Morgan fingerprint density at radius 3 is 2.16 bits per heavy atom. The van der Waals surface area contributed by atoms with E-state index < -0.39 is 12.2 Å². The zero-order valence-corrected chi connectivity index (χ0v) is 35.4. The molecule has 1 aliphatic heterocycles. The van der Waals surface area contributed by atoms with E-state index in [4.69, 9.17) is 23.5 Å². The third kappa shape index (κ3) is 8.90. The summed E-state index contributed by atoms with van der Waals surface area (Å²) in [5, 5.41) is 35.8. The molecule has 15 heteroatoms. The average Bonchev–Trinajstić information content (AvgIpc) is 4.14. The molecule has 3 atom stereocenters. The number of nitrogens with one attached hydrogen (secondary N) is 2. The molecule has 1 saturated heterocycles. The number of carbonyl (C=O) groups excluding carboxylic acids is 1. The van der Waals surface area contributed by atoms with Crippen LogP contribution >= 0.6 is 0 Å². The number of hydrogen-bond donors (Lipinski definition) is 3. The largest absolute Gasteiger partial charge is 0.489 e.